The molecular weight excluding hydrogens is 288 g/mol. The summed E-state index contributed by atoms with van der Waals surface area (Å²) in [5.74, 6) is 0. The van der Waals surface area contributed by atoms with Crippen LogP contribution in [0.3, 0.4) is 0 Å². The van der Waals surface area contributed by atoms with Gasteiger partial charge < -0.3 is 5.21 Å². The maximum Gasteiger partial charge on any atom is 0.100 e. The Bertz CT molecular complexity index is 897. The number of pyridine rings is 1. The molecule has 1 aliphatic carbocycles. The van der Waals surface area contributed by atoms with Crippen molar-refractivity contribution in [3.63, 3.8) is 0 Å². The summed E-state index contributed by atoms with van der Waals surface area (Å²) in [7, 11) is 1.93. The topological polar surface area (TPSA) is 63.3 Å². The van der Waals surface area contributed by atoms with Crippen LogP contribution in [0.2, 0.25) is 0 Å². The molecule has 23 heavy (non-hydrogen) atoms. The quantitative estimate of drug-likeness (QED) is 0.584. The highest BCUT2D eigenvalue weighted by molar-refractivity contribution is 6.04. The molecule has 5 heteroatoms. The van der Waals surface area contributed by atoms with Gasteiger partial charge in [0.05, 0.1) is 5.71 Å². The van der Waals surface area contributed by atoms with Crippen molar-refractivity contribution in [1.82, 2.24) is 14.8 Å². The van der Waals surface area contributed by atoms with Gasteiger partial charge in [0, 0.05) is 42.3 Å². The second-order valence-electron chi connectivity index (χ2n) is 5.72. The molecule has 2 heterocycles. The number of fused-ring (bicyclic) bond motifs is 1. The van der Waals surface area contributed by atoms with Gasteiger partial charge in [-0.3, -0.25) is 9.67 Å². The van der Waals surface area contributed by atoms with Gasteiger partial charge in [0.2, 0.25) is 0 Å². The number of hydrogen-bond donors (Lipinski definition) is 1. The zero-order chi connectivity index (χ0) is 15.8. The molecule has 0 amide bonds. The molecule has 0 atom stereocenters. The molecule has 5 nitrogen and oxygen atoms in total. The van der Waals surface area contributed by atoms with Crippen molar-refractivity contribution in [3.8, 4) is 22.4 Å². The molecule has 0 aliphatic heterocycles. The lowest BCUT2D eigenvalue weighted by molar-refractivity contribution is 0.318. The summed E-state index contributed by atoms with van der Waals surface area (Å²) in [6.07, 6.45) is 7.29. The third-order valence-electron chi connectivity index (χ3n) is 4.26. The lowest BCUT2D eigenvalue weighted by Gasteiger charge is -2.05. The first kappa shape index (κ1) is 13.7. The minimum absolute atomic E-state index is 0.770. The van der Waals surface area contributed by atoms with Crippen molar-refractivity contribution in [3.05, 3.63) is 60.0 Å². The van der Waals surface area contributed by atoms with Crippen LogP contribution in [-0.2, 0) is 13.5 Å². The summed E-state index contributed by atoms with van der Waals surface area (Å²) < 4.78 is 1.83. The van der Waals surface area contributed by atoms with Gasteiger partial charge in [-0.05, 0) is 36.1 Å². The first-order valence-electron chi connectivity index (χ1n) is 7.55. The molecular formula is C18H16N4O. The number of hydrogen-bond acceptors (Lipinski definition) is 4. The number of oxime groups is 1. The number of benzene rings is 1. The largest absolute Gasteiger partial charge is 0.411 e. The molecule has 0 fully saturated rings. The number of aromatic nitrogens is 3. The molecule has 0 saturated heterocycles. The van der Waals surface area contributed by atoms with Crippen molar-refractivity contribution in [2.45, 2.75) is 12.8 Å². The molecule has 0 radical (unpaired) electrons. The second kappa shape index (κ2) is 5.35. The van der Waals surface area contributed by atoms with Gasteiger partial charge in [0.15, 0.2) is 0 Å². The fraction of sp³-hybridized carbons (Fsp3) is 0.167. The summed E-state index contributed by atoms with van der Waals surface area (Å²) in [6, 6.07) is 10.2. The standard InChI is InChI=1S/C18H16N4O/c1-22-11-16(18(20-22)12-6-8-19-9-7-12)14-2-4-15-13(10-14)3-5-17(15)21-23/h2,4,6-11,23H,3,5H2,1H3/b21-17+. The normalized spacial score (nSPS) is 15.1. The maximum absolute atomic E-state index is 9.06. The highest BCUT2D eigenvalue weighted by Crippen LogP contribution is 2.33. The Hall–Kier alpha value is -2.95. The van der Waals surface area contributed by atoms with Crippen LogP contribution in [0, 0.1) is 0 Å². The summed E-state index contributed by atoms with van der Waals surface area (Å²) in [5, 5.41) is 17.1. The van der Waals surface area contributed by atoms with E-state index in [9.17, 15) is 0 Å². The number of aryl methyl sites for hydroxylation is 2. The predicted molar refractivity (Wildman–Crippen MR) is 88.5 cm³/mol. The van der Waals surface area contributed by atoms with E-state index in [2.05, 4.69) is 27.4 Å². The molecule has 3 aromatic rings. The Morgan fingerprint density at radius 1 is 1.04 bits per heavy atom. The van der Waals surface area contributed by atoms with Crippen molar-refractivity contribution in [2.24, 2.45) is 12.2 Å². The molecule has 0 spiro atoms. The van der Waals surface area contributed by atoms with Crippen LogP contribution in [0.4, 0.5) is 0 Å². The highest BCUT2D eigenvalue weighted by atomic mass is 16.4. The van der Waals surface area contributed by atoms with E-state index in [1.165, 1.54) is 5.56 Å². The van der Waals surface area contributed by atoms with Crippen molar-refractivity contribution in [2.75, 3.05) is 0 Å². The van der Waals surface area contributed by atoms with E-state index in [0.717, 1.165) is 46.5 Å². The number of nitrogens with zero attached hydrogens (tertiary/aromatic N) is 4. The lowest BCUT2D eigenvalue weighted by Crippen LogP contribution is -1.93. The third-order valence-corrected chi connectivity index (χ3v) is 4.26. The van der Waals surface area contributed by atoms with E-state index in [1.807, 2.05) is 36.1 Å². The zero-order valence-corrected chi connectivity index (χ0v) is 12.8. The van der Waals surface area contributed by atoms with Crippen molar-refractivity contribution < 1.29 is 5.21 Å². The molecule has 4 rings (SSSR count). The average molecular weight is 304 g/mol. The van der Waals surface area contributed by atoms with Crippen LogP contribution in [0.1, 0.15) is 17.5 Å². The third kappa shape index (κ3) is 2.30. The van der Waals surface area contributed by atoms with Gasteiger partial charge in [0.1, 0.15) is 5.69 Å². The Morgan fingerprint density at radius 2 is 1.87 bits per heavy atom. The van der Waals surface area contributed by atoms with Crippen LogP contribution < -0.4 is 0 Å². The van der Waals surface area contributed by atoms with Crippen LogP contribution >= 0.6 is 0 Å². The summed E-state index contributed by atoms with van der Waals surface area (Å²) in [4.78, 5) is 4.07. The lowest BCUT2D eigenvalue weighted by atomic mass is 9.98. The van der Waals surface area contributed by atoms with E-state index in [-0.39, 0.29) is 0 Å². The van der Waals surface area contributed by atoms with Crippen LogP contribution in [0.5, 0.6) is 0 Å². The molecule has 0 saturated carbocycles. The van der Waals surface area contributed by atoms with Crippen LogP contribution in [-0.4, -0.2) is 25.7 Å². The van der Waals surface area contributed by atoms with E-state index >= 15 is 0 Å². The number of rotatable bonds is 2. The molecule has 1 aliphatic rings. The smallest absolute Gasteiger partial charge is 0.100 e. The average Bonchev–Trinajstić information content (AvgIpc) is 3.18. The van der Waals surface area contributed by atoms with Crippen LogP contribution in [0.25, 0.3) is 22.4 Å². The fourth-order valence-corrected chi connectivity index (χ4v) is 3.16. The van der Waals surface area contributed by atoms with E-state index in [4.69, 9.17) is 5.21 Å². The molecule has 0 unspecified atom stereocenters. The molecule has 2 aromatic heterocycles. The minimum atomic E-state index is 0.770. The Balaban J connectivity index is 1.84. The van der Waals surface area contributed by atoms with Gasteiger partial charge in [0.25, 0.3) is 0 Å². The first-order chi connectivity index (χ1) is 11.3. The maximum atomic E-state index is 9.06. The predicted octanol–water partition coefficient (Wildman–Crippen LogP) is 3.27. The van der Waals surface area contributed by atoms with Gasteiger partial charge in [-0.1, -0.05) is 23.4 Å². The van der Waals surface area contributed by atoms with E-state index < -0.39 is 0 Å². The van der Waals surface area contributed by atoms with E-state index in [1.54, 1.807) is 12.4 Å². The zero-order valence-electron chi connectivity index (χ0n) is 12.8. The molecule has 1 aromatic carbocycles. The Kier molecular flexibility index (Phi) is 3.19. The first-order valence-corrected chi connectivity index (χ1v) is 7.55. The van der Waals surface area contributed by atoms with Gasteiger partial charge in [-0.15, -0.1) is 0 Å². The van der Waals surface area contributed by atoms with Crippen molar-refractivity contribution in [1.29, 1.82) is 0 Å². The highest BCUT2D eigenvalue weighted by Gasteiger charge is 2.20. The Morgan fingerprint density at radius 3 is 2.65 bits per heavy atom. The SMILES string of the molecule is Cn1cc(-c2ccc3c(c2)CC/C3=N\O)c(-c2ccncc2)n1. The van der Waals surface area contributed by atoms with Gasteiger partial charge in [-0.2, -0.15) is 5.10 Å². The van der Waals surface area contributed by atoms with Gasteiger partial charge in [-0.25, -0.2) is 0 Å². The van der Waals surface area contributed by atoms with Gasteiger partial charge >= 0.3 is 0 Å². The molecule has 114 valence electrons. The van der Waals surface area contributed by atoms with E-state index in [0.29, 0.717) is 0 Å². The fourth-order valence-electron chi connectivity index (χ4n) is 3.16. The monoisotopic (exact) mass is 304 g/mol. The minimum Gasteiger partial charge on any atom is -0.411 e. The Labute approximate surface area is 133 Å². The summed E-state index contributed by atoms with van der Waals surface area (Å²) in [6.45, 7) is 0. The molecule has 1 N–H and O–H groups in total. The molecule has 0 bridgehead atoms. The second-order valence-corrected chi connectivity index (χ2v) is 5.72. The summed E-state index contributed by atoms with van der Waals surface area (Å²) in [5.41, 5.74) is 7.26. The summed E-state index contributed by atoms with van der Waals surface area (Å²) >= 11 is 0. The van der Waals surface area contributed by atoms with Crippen LogP contribution in [0.15, 0.2) is 54.1 Å². The van der Waals surface area contributed by atoms with Crippen molar-refractivity contribution >= 4 is 5.71 Å².